The summed E-state index contributed by atoms with van der Waals surface area (Å²) in [5, 5.41) is 3.43. The quantitative estimate of drug-likeness (QED) is 0.851. The molecule has 0 spiro atoms. The number of alkyl halides is 3. The number of hydrogen-bond donors (Lipinski definition) is 1. The van der Waals surface area contributed by atoms with Gasteiger partial charge in [0.2, 0.25) is 0 Å². The van der Waals surface area contributed by atoms with E-state index in [9.17, 15) is 13.2 Å². The normalized spacial score (nSPS) is 25.5. The minimum absolute atomic E-state index is 0.0460. The molecule has 0 aromatic rings. The van der Waals surface area contributed by atoms with Gasteiger partial charge in [-0.25, -0.2) is 0 Å². The highest BCUT2D eigenvalue weighted by Gasteiger charge is 2.42. The molecule has 0 bridgehead atoms. The number of rotatable bonds is 4. The molecular weight excluding hydrogens is 265 g/mol. The van der Waals surface area contributed by atoms with Crippen molar-refractivity contribution in [2.75, 3.05) is 19.6 Å². The monoisotopic (exact) mass is 294 g/mol. The minimum atomic E-state index is -4.05. The van der Waals surface area contributed by atoms with Gasteiger partial charge in [0.1, 0.15) is 0 Å². The van der Waals surface area contributed by atoms with Crippen molar-refractivity contribution in [3.05, 3.63) is 0 Å². The van der Waals surface area contributed by atoms with Crippen LogP contribution in [0.2, 0.25) is 0 Å². The molecule has 0 saturated carbocycles. The molecule has 2 nitrogen and oxygen atoms in total. The van der Waals surface area contributed by atoms with E-state index in [0.717, 1.165) is 13.1 Å². The van der Waals surface area contributed by atoms with Crippen molar-refractivity contribution in [3.8, 4) is 0 Å². The van der Waals surface area contributed by atoms with E-state index in [0.29, 0.717) is 12.3 Å². The number of likely N-dealkylation sites (tertiary alicyclic amines) is 1. The van der Waals surface area contributed by atoms with Crippen LogP contribution in [0, 0.1) is 11.8 Å². The fraction of sp³-hybridized carbons (Fsp3) is 1.00. The van der Waals surface area contributed by atoms with Crippen molar-refractivity contribution in [1.82, 2.24) is 10.2 Å². The highest BCUT2D eigenvalue weighted by Crippen LogP contribution is 2.34. The molecule has 1 aliphatic rings. The number of piperidine rings is 1. The van der Waals surface area contributed by atoms with E-state index in [1.54, 1.807) is 0 Å². The Bertz CT molecular complexity index is 296. The van der Waals surface area contributed by atoms with E-state index in [1.807, 2.05) is 11.8 Å². The standard InChI is InChI=1S/C15H29F3N2/c1-11(9-19-14(3,4)5)12(2)20-8-6-7-13(10-20)15(16,17)18/h11-13,19H,6-10H2,1-5H3. The molecule has 1 N–H and O–H groups in total. The summed E-state index contributed by atoms with van der Waals surface area (Å²) >= 11 is 0. The van der Waals surface area contributed by atoms with Gasteiger partial charge in [-0.3, -0.25) is 4.90 Å². The first-order valence-electron chi connectivity index (χ1n) is 7.56. The van der Waals surface area contributed by atoms with E-state index in [2.05, 4.69) is 33.0 Å². The van der Waals surface area contributed by atoms with Gasteiger partial charge in [-0.1, -0.05) is 6.92 Å². The second-order valence-corrected chi connectivity index (χ2v) is 7.22. The lowest BCUT2D eigenvalue weighted by atomic mass is 9.93. The van der Waals surface area contributed by atoms with Gasteiger partial charge in [-0.05, 0) is 59.5 Å². The molecule has 0 amide bonds. The maximum Gasteiger partial charge on any atom is 0.393 e. The third-order valence-electron chi connectivity index (χ3n) is 4.27. The van der Waals surface area contributed by atoms with Gasteiger partial charge < -0.3 is 5.32 Å². The Morgan fingerprint density at radius 1 is 1.20 bits per heavy atom. The van der Waals surface area contributed by atoms with Gasteiger partial charge in [0.05, 0.1) is 5.92 Å². The maximum atomic E-state index is 12.8. The lowest BCUT2D eigenvalue weighted by Gasteiger charge is -2.40. The fourth-order valence-corrected chi connectivity index (χ4v) is 2.64. The fourth-order valence-electron chi connectivity index (χ4n) is 2.64. The van der Waals surface area contributed by atoms with Crippen LogP contribution in [0.3, 0.4) is 0 Å². The molecule has 20 heavy (non-hydrogen) atoms. The zero-order chi connectivity index (χ0) is 15.6. The van der Waals surface area contributed by atoms with Crippen LogP contribution in [0.1, 0.15) is 47.5 Å². The minimum Gasteiger partial charge on any atom is -0.312 e. The van der Waals surface area contributed by atoms with E-state index in [-0.39, 0.29) is 24.5 Å². The highest BCUT2D eigenvalue weighted by molar-refractivity contribution is 4.84. The average molecular weight is 294 g/mol. The van der Waals surface area contributed by atoms with Crippen LogP contribution in [0.25, 0.3) is 0 Å². The maximum absolute atomic E-state index is 12.8. The molecule has 0 aliphatic carbocycles. The molecule has 1 heterocycles. The van der Waals surface area contributed by atoms with Crippen LogP contribution < -0.4 is 5.32 Å². The average Bonchev–Trinajstić information content (AvgIpc) is 2.33. The Balaban J connectivity index is 2.51. The summed E-state index contributed by atoms with van der Waals surface area (Å²) in [4.78, 5) is 2.01. The number of hydrogen-bond acceptors (Lipinski definition) is 2. The summed E-state index contributed by atoms with van der Waals surface area (Å²) in [5.74, 6) is -0.817. The molecule has 1 rings (SSSR count). The molecule has 3 unspecified atom stereocenters. The predicted molar refractivity (Wildman–Crippen MR) is 76.7 cm³/mol. The molecular formula is C15H29F3N2. The van der Waals surface area contributed by atoms with Gasteiger partial charge >= 0.3 is 6.18 Å². The number of nitrogens with one attached hydrogen (secondary N) is 1. The molecule has 0 aromatic carbocycles. The highest BCUT2D eigenvalue weighted by atomic mass is 19.4. The van der Waals surface area contributed by atoms with Gasteiger partial charge in [-0.15, -0.1) is 0 Å². The number of halogens is 3. The Morgan fingerprint density at radius 2 is 1.80 bits per heavy atom. The Morgan fingerprint density at radius 3 is 2.30 bits per heavy atom. The first-order valence-corrected chi connectivity index (χ1v) is 7.56. The third kappa shape index (κ3) is 5.60. The lowest BCUT2D eigenvalue weighted by molar-refractivity contribution is -0.189. The molecule has 1 saturated heterocycles. The molecule has 3 atom stereocenters. The van der Waals surface area contributed by atoms with Crippen LogP contribution in [-0.4, -0.2) is 42.3 Å². The second kappa shape index (κ2) is 6.65. The third-order valence-corrected chi connectivity index (χ3v) is 4.27. The van der Waals surface area contributed by atoms with Crippen molar-refractivity contribution in [2.24, 2.45) is 11.8 Å². The van der Waals surface area contributed by atoms with E-state index in [4.69, 9.17) is 0 Å². The molecule has 1 aliphatic heterocycles. The van der Waals surface area contributed by atoms with Crippen molar-refractivity contribution in [3.63, 3.8) is 0 Å². The molecule has 5 heteroatoms. The van der Waals surface area contributed by atoms with Crippen LogP contribution in [-0.2, 0) is 0 Å². The van der Waals surface area contributed by atoms with Crippen LogP contribution in [0.4, 0.5) is 13.2 Å². The van der Waals surface area contributed by atoms with E-state index < -0.39 is 12.1 Å². The zero-order valence-corrected chi connectivity index (χ0v) is 13.3. The molecule has 120 valence electrons. The van der Waals surface area contributed by atoms with Gasteiger partial charge in [0, 0.05) is 18.1 Å². The van der Waals surface area contributed by atoms with Crippen LogP contribution >= 0.6 is 0 Å². The second-order valence-electron chi connectivity index (χ2n) is 7.22. The van der Waals surface area contributed by atoms with E-state index in [1.165, 1.54) is 0 Å². The van der Waals surface area contributed by atoms with Crippen molar-refractivity contribution in [1.29, 1.82) is 0 Å². The Labute approximate surface area is 121 Å². The van der Waals surface area contributed by atoms with Gasteiger partial charge in [-0.2, -0.15) is 13.2 Å². The van der Waals surface area contributed by atoms with Crippen molar-refractivity contribution < 1.29 is 13.2 Å². The van der Waals surface area contributed by atoms with Crippen LogP contribution in [0.15, 0.2) is 0 Å². The van der Waals surface area contributed by atoms with Crippen molar-refractivity contribution >= 4 is 0 Å². The SMILES string of the molecule is CC(CNC(C)(C)C)C(C)N1CCCC(C(F)(F)F)C1. The summed E-state index contributed by atoms with van der Waals surface area (Å²) in [6.07, 6.45) is -3.12. The Hall–Kier alpha value is -0.290. The van der Waals surface area contributed by atoms with Gasteiger partial charge in [0.15, 0.2) is 0 Å². The molecule has 0 radical (unpaired) electrons. The smallest absolute Gasteiger partial charge is 0.312 e. The van der Waals surface area contributed by atoms with E-state index >= 15 is 0 Å². The lowest BCUT2D eigenvalue weighted by Crippen LogP contribution is -2.50. The summed E-state index contributed by atoms with van der Waals surface area (Å²) in [7, 11) is 0. The van der Waals surface area contributed by atoms with Gasteiger partial charge in [0.25, 0.3) is 0 Å². The largest absolute Gasteiger partial charge is 0.393 e. The predicted octanol–water partition coefficient (Wildman–Crippen LogP) is 3.67. The summed E-state index contributed by atoms with van der Waals surface area (Å²) in [6.45, 7) is 12.2. The first kappa shape index (κ1) is 17.8. The van der Waals surface area contributed by atoms with Crippen LogP contribution in [0.5, 0.6) is 0 Å². The molecule has 1 fully saturated rings. The first-order chi connectivity index (χ1) is 9.00. The topological polar surface area (TPSA) is 15.3 Å². The molecule has 0 aromatic heterocycles. The summed E-state index contributed by atoms with van der Waals surface area (Å²) in [6, 6.07) is 0.176. The zero-order valence-electron chi connectivity index (χ0n) is 13.3. The summed E-state index contributed by atoms with van der Waals surface area (Å²) in [5.41, 5.74) is 0.0460. The summed E-state index contributed by atoms with van der Waals surface area (Å²) < 4.78 is 38.5. The number of nitrogens with zero attached hydrogens (tertiary/aromatic N) is 1. The Kier molecular flexibility index (Phi) is 5.90. The van der Waals surface area contributed by atoms with Crippen molar-refractivity contribution in [2.45, 2.75) is 65.2 Å².